The highest BCUT2D eigenvalue weighted by atomic mass is 79.9. The third-order valence-electron chi connectivity index (χ3n) is 3.34. The van der Waals surface area contributed by atoms with Gasteiger partial charge in [0.2, 0.25) is 5.58 Å². The molecule has 3 rings (SSSR count). The van der Waals surface area contributed by atoms with Crippen molar-refractivity contribution in [3.63, 3.8) is 0 Å². The second kappa shape index (κ2) is 7.82. The van der Waals surface area contributed by atoms with E-state index in [4.69, 9.17) is 20.2 Å². The number of fused-ring (bicyclic) bond motifs is 1. The molecule has 0 aliphatic heterocycles. The normalized spacial score (nSPS) is 11.0. The van der Waals surface area contributed by atoms with Crippen LogP contribution in [0.25, 0.3) is 11.1 Å². The number of hydrogen-bond donors (Lipinski definition) is 4. The zero-order valence-electron chi connectivity index (χ0n) is 13.4. The molecule has 12 heteroatoms. The minimum atomic E-state index is -1.04. The number of rotatable bonds is 6. The number of nitrogen functional groups attached to an aromatic ring is 1. The number of amides is 1. The lowest BCUT2D eigenvalue weighted by Crippen LogP contribution is -2.27. The molecule has 142 valence electrons. The molecule has 0 unspecified atom stereocenters. The summed E-state index contributed by atoms with van der Waals surface area (Å²) in [4.78, 5) is 21.0. The number of nitrogens with one attached hydrogen (secondary N) is 2. The van der Waals surface area contributed by atoms with Gasteiger partial charge in [-0.1, -0.05) is 21.1 Å². The third-order valence-corrected chi connectivity index (χ3v) is 3.83. The van der Waals surface area contributed by atoms with Gasteiger partial charge in [0.1, 0.15) is 11.5 Å². The van der Waals surface area contributed by atoms with Gasteiger partial charge in [0.15, 0.2) is 22.8 Å². The smallest absolute Gasteiger partial charge is 0.295 e. The predicted molar refractivity (Wildman–Crippen MR) is 94.1 cm³/mol. The molecular weight excluding hydrogens is 432 g/mol. The van der Waals surface area contributed by atoms with Crippen LogP contribution in [0.2, 0.25) is 0 Å². The van der Waals surface area contributed by atoms with E-state index in [9.17, 15) is 13.6 Å². The maximum absolute atomic E-state index is 14.9. The second-order valence-electron chi connectivity index (χ2n) is 5.15. The highest BCUT2D eigenvalue weighted by Gasteiger charge is 2.25. The van der Waals surface area contributed by atoms with Crippen LogP contribution in [0.3, 0.4) is 0 Å². The molecular formula is C15H12BrF2N5O4. The van der Waals surface area contributed by atoms with Crippen LogP contribution < -0.4 is 16.5 Å². The van der Waals surface area contributed by atoms with E-state index in [2.05, 4.69) is 31.4 Å². The standard InChI is InChI=1S/C15H12BrF2N5O4/c16-6-1-2-8(7(17)5-6)20-10-9(18)13-12(14(19)22-27-13)21-11(10)15(25)23-26-4-3-24/h1-2,5,20,24H,3-4H2,(H2,19,22)(H,23,25). The van der Waals surface area contributed by atoms with Gasteiger partial charge in [-0.25, -0.2) is 19.2 Å². The van der Waals surface area contributed by atoms with Crippen molar-refractivity contribution in [2.24, 2.45) is 0 Å². The number of hydroxylamine groups is 1. The van der Waals surface area contributed by atoms with Gasteiger partial charge in [-0.05, 0) is 18.2 Å². The van der Waals surface area contributed by atoms with Crippen molar-refractivity contribution >= 4 is 50.1 Å². The van der Waals surface area contributed by atoms with Gasteiger partial charge in [-0.15, -0.1) is 0 Å². The first-order valence-electron chi connectivity index (χ1n) is 7.41. The van der Waals surface area contributed by atoms with E-state index in [1.165, 1.54) is 12.1 Å². The first-order valence-corrected chi connectivity index (χ1v) is 8.21. The minimum Gasteiger partial charge on any atom is -0.394 e. The molecule has 0 aliphatic carbocycles. The van der Waals surface area contributed by atoms with Crippen LogP contribution in [0.15, 0.2) is 27.2 Å². The summed E-state index contributed by atoms with van der Waals surface area (Å²) >= 11 is 3.11. The van der Waals surface area contributed by atoms with Crippen LogP contribution in [0.1, 0.15) is 10.5 Å². The Balaban J connectivity index is 2.09. The molecule has 0 aliphatic rings. The number of nitrogens with zero attached hydrogens (tertiary/aromatic N) is 2. The Morgan fingerprint density at radius 3 is 2.89 bits per heavy atom. The first-order chi connectivity index (χ1) is 12.9. The lowest BCUT2D eigenvalue weighted by atomic mass is 10.2. The number of nitrogens with two attached hydrogens (primary N) is 1. The highest BCUT2D eigenvalue weighted by molar-refractivity contribution is 9.10. The average molecular weight is 444 g/mol. The molecule has 0 atom stereocenters. The molecule has 2 aromatic heterocycles. The molecule has 1 amide bonds. The van der Waals surface area contributed by atoms with Gasteiger partial charge in [0.05, 0.1) is 18.9 Å². The summed E-state index contributed by atoms with van der Waals surface area (Å²) in [6.07, 6.45) is 0. The monoisotopic (exact) mass is 443 g/mol. The fourth-order valence-electron chi connectivity index (χ4n) is 2.15. The van der Waals surface area contributed by atoms with Gasteiger partial charge in [0.25, 0.3) is 5.91 Å². The Morgan fingerprint density at radius 1 is 1.41 bits per heavy atom. The summed E-state index contributed by atoms with van der Waals surface area (Å²) in [7, 11) is 0. The molecule has 0 spiro atoms. The number of pyridine rings is 1. The number of carbonyl (C=O) groups is 1. The number of aromatic nitrogens is 2. The first kappa shape index (κ1) is 18.9. The van der Waals surface area contributed by atoms with Crippen LogP contribution in [-0.4, -0.2) is 34.4 Å². The Hall–Kier alpha value is -2.83. The van der Waals surface area contributed by atoms with Gasteiger partial charge < -0.3 is 20.7 Å². The summed E-state index contributed by atoms with van der Waals surface area (Å²) in [5, 5.41) is 14.6. The van der Waals surface area contributed by atoms with Crippen molar-refractivity contribution in [1.29, 1.82) is 0 Å². The molecule has 2 heterocycles. The van der Waals surface area contributed by atoms with Crippen molar-refractivity contribution in [2.45, 2.75) is 0 Å². The second-order valence-corrected chi connectivity index (χ2v) is 6.06. The summed E-state index contributed by atoms with van der Waals surface area (Å²) in [5.74, 6) is -2.93. The van der Waals surface area contributed by atoms with E-state index >= 15 is 0 Å². The molecule has 0 saturated carbocycles. The molecule has 5 N–H and O–H groups in total. The lowest BCUT2D eigenvalue weighted by Gasteiger charge is -2.13. The van der Waals surface area contributed by atoms with E-state index in [0.717, 1.165) is 6.07 Å². The fraction of sp³-hybridized carbons (Fsp3) is 0.133. The highest BCUT2D eigenvalue weighted by Crippen LogP contribution is 2.32. The number of aliphatic hydroxyl groups is 1. The summed E-state index contributed by atoms with van der Waals surface area (Å²) in [6.45, 7) is -0.551. The zero-order chi connectivity index (χ0) is 19.6. The van der Waals surface area contributed by atoms with E-state index < -0.39 is 34.5 Å². The van der Waals surface area contributed by atoms with E-state index in [1.807, 2.05) is 5.48 Å². The van der Waals surface area contributed by atoms with Crippen LogP contribution in [0, 0.1) is 11.6 Å². The molecule has 0 radical (unpaired) electrons. The molecule has 3 aromatic rings. The molecule has 0 fully saturated rings. The number of benzene rings is 1. The Labute approximate surface area is 158 Å². The van der Waals surface area contributed by atoms with Gasteiger partial charge in [-0.2, -0.15) is 0 Å². The predicted octanol–water partition coefficient (Wildman–Crippen LogP) is 2.24. The fourth-order valence-corrected chi connectivity index (χ4v) is 2.48. The van der Waals surface area contributed by atoms with Crippen LogP contribution in [0.4, 0.5) is 26.0 Å². The maximum Gasteiger partial charge on any atom is 0.295 e. The maximum atomic E-state index is 14.9. The summed E-state index contributed by atoms with van der Waals surface area (Å²) < 4.78 is 34.3. The van der Waals surface area contributed by atoms with Gasteiger partial charge in [-0.3, -0.25) is 9.63 Å². The Kier molecular flexibility index (Phi) is 5.48. The van der Waals surface area contributed by atoms with Crippen LogP contribution in [0.5, 0.6) is 0 Å². The molecule has 9 nitrogen and oxygen atoms in total. The summed E-state index contributed by atoms with van der Waals surface area (Å²) in [6, 6.07) is 4.01. The van der Waals surface area contributed by atoms with E-state index in [0.29, 0.717) is 4.47 Å². The van der Waals surface area contributed by atoms with Gasteiger partial charge >= 0.3 is 0 Å². The van der Waals surface area contributed by atoms with E-state index in [-0.39, 0.29) is 30.2 Å². The Morgan fingerprint density at radius 2 is 2.19 bits per heavy atom. The number of anilines is 3. The largest absolute Gasteiger partial charge is 0.394 e. The van der Waals surface area contributed by atoms with Crippen molar-refractivity contribution < 1.29 is 28.0 Å². The quantitative estimate of drug-likeness (QED) is 0.336. The average Bonchev–Trinajstić information content (AvgIpc) is 3.00. The molecule has 0 bridgehead atoms. The molecule has 27 heavy (non-hydrogen) atoms. The van der Waals surface area contributed by atoms with Gasteiger partial charge in [0, 0.05) is 4.47 Å². The Bertz CT molecular complexity index is 1010. The number of carbonyl (C=O) groups excluding carboxylic acids is 1. The van der Waals surface area contributed by atoms with Crippen molar-refractivity contribution in [2.75, 3.05) is 24.3 Å². The van der Waals surface area contributed by atoms with E-state index in [1.54, 1.807) is 0 Å². The number of aliphatic hydroxyl groups excluding tert-OH is 1. The zero-order valence-corrected chi connectivity index (χ0v) is 15.0. The van der Waals surface area contributed by atoms with Crippen molar-refractivity contribution in [3.05, 3.63) is 40.0 Å². The number of hydrogen-bond acceptors (Lipinski definition) is 8. The topological polar surface area (TPSA) is 136 Å². The van der Waals surface area contributed by atoms with Crippen LogP contribution in [-0.2, 0) is 4.84 Å². The van der Waals surface area contributed by atoms with Crippen molar-refractivity contribution in [1.82, 2.24) is 15.6 Å². The number of halogens is 3. The SMILES string of the molecule is Nc1noc2c(F)c(Nc3ccc(Br)cc3F)c(C(=O)NOCCO)nc12. The van der Waals surface area contributed by atoms with Crippen LogP contribution >= 0.6 is 15.9 Å². The molecule has 1 aromatic carbocycles. The molecule has 0 saturated heterocycles. The minimum absolute atomic E-state index is 0.115. The summed E-state index contributed by atoms with van der Waals surface area (Å²) in [5.41, 5.74) is 5.92. The van der Waals surface area contributed by atoms with Crippen molar-refractivity contribution in [3.8, 4) is 0 Å². The lowest BCUT2D eigenvalue weighted by molar-refractivity contribution is 0.0165. The third kappa shape index (κ3) is 3.82.